The summed E-state index contributed by atoms with van der Waals surface area (Å²) in [7, 11) is 0. The van der Waals surface area contributed by atoms with Crippen LogP contribution in [0.1, 0.15) is 23.1 Å². The molecule has 1 heterocycles. The maximum Gasteiger partial charge on any atom is 0.0292 e. The summed E-state index contributed by atoms with van der Waals surface area (Å²) in [5, 5.41) is 6.88. The van der Waals surface area contributed by atoms with E-state index in [0.29, 0.717) is 6.54 Å². The molecule has 0 aliphatic carbocycles. The van der Waals surface area contributed by atoms with Crippen LogP contribution in [0, 0.1) is 0 Å². The fraction of sp³-hybridized carbons (Fsp3) is 0.385. The van der Waals surface area contributed by atoms with Gasteiger partial charge in [0.05, 0.1) is 0 Å². The second kappa shape index (κ2) is 6.09. The molecular formula is C13H16N4. The summed E-state index contributed by atoms with van der Waals surface area (Å²) in [6.45, 7) is 2.55. The van der Waals surface area contributed by atoms with Gasteiger partial charge in [0.25, 0.3) is 0 Å². The molecule has 0 atom stereocenters. The van der Waals surface area contributed by atoms with Gasteiger partial charge in [-0.25, -0.2) is 0 Å². The Bertz CT molecular complexity index is 458. The van der Waals surface area contributed by atoms with E-state index in [4.69, 9.17) is 5.53 Å². The fourth-order valence-electron chi connectivity index (χ4n) is 2.10. The lowest BCUT2D eigenvalue weighted by molar-refractivity contribution is 0.643. The number of rotatable bonds is 4. The summed E-state index contributed by atoms with van der Waals surface area (Å²) < 4.78 is 0. The summed E-state index contributed by atoms with van der Waals surface area (Å²) in [6, 6.07) is 6.42. The van der Waals surface area contributed by atoms with Gasteiger partial charge in [-0.05, 0) is 41.6 Å². The minimum atomic E-state index is 0.531. The molecule has 1 aliphatic heterocycles. The second-order valence-electron chi connectivity index (χ2n) is 4.06. The van der Waals surface area contributed by atoms with Crippen LogP contribution in [-0.2, 0) is 13.0 Å². The van der Waals surface area contributed by atoms with Crippen molar-refractivity contribution in [1.82, 2.24) is 5.32 Å². The minimum Gasteiger partial charge on any atom is -0.312 e. The Morgan fingerprint density at radius 2 is 2.41 bits per heavy atom. The lowest BCUT2D eigenvalue weighted by Crippen LogP contribution is -2.24. The van der Waals surface area contributed by atoms with Crippen LogP contribution in [0.5, 0.6) is 0 Å². The van der Waals surface area contributed by atoms with E-state index in [1.54, 1.807) is 0 Å². The Hall–Kier alpha value is -1.77. The van der Waals surface area contributed by atoms with Crippen LogP contribution in [0.3, 0.4) is 0 Å². The van der Waals surface area contributed by atoms with Crippen molar-refractivity contribution in [2.45, 2.75) is 19.4 Å². The normalized spacial score (nSPS) is 14.4. The van der Waals surface area contributed by atoms with E-state index < -0.39 is 0 Å². The van der Waals surface area contributed by atoms with E-state index in [9.17, 15) is 0 Å². The van der Waals surface area contributed by atoms with Crippen molar-refractivity contribution in [3.05, 3.63) is 51.4 Å². The third-order valence-electron chi connectivity index (χ3n) is 2.93. The van der Waals surface area contributed by atoms with Crippen molar-refractivity contribution in [2.75, 3.05) is 13.1 Å². The monoisotopic (exact) mass is 228 g/mol. The van der Waals surface area contributed by atoms with Crippen molar-refractivity contribution >= 4 is 6.08 Å². The Morgan fingerprint density at radius 3 is 3.29 bits per heavy atom. The number of nitrogens with one attached hydrogen (secondary N) is 1. The number of hydrogen-bond acceptors (Lipinski definition) is 2. The van der Waals surface area contributed by atoms with E-state index in [2.05, 4.69) is 45.7 Å². The first kappa shape index (κ1) is 11.7. The van der Waals surface area contributed by atoms with Crippen molar-refractivity contribution in [1.29, 1.82) is 0 Å². The zero-order valence-corrected chi connectivity index (χ0v) is 9.76. The predicted molar refractivity (Wildman–Crippen MR) is 69.5 cm³/mol. The number of nitrogens with zero attached hydrogens (tertiary/aromatic N) is 3. The molecule has 17 heavy (non-hydrogen) atoms. The molecule has 2 rings (SSSR count). The van der Waals surface area contributed by atoms with Gasteiger partial charge < -0.3 is 5.32 Å². The van der Waals surface area contributed by atoms with Crippen molar-refractivity contribution in [3.63, 3.8) is 0 Å². The third-order valence-corrected chi connectivity index (χ3v) is 2.93. The molecule has 0 saturated heterocycles. The van der Waals surface area contributed by atoms with Crippen LogP contribution >= 0.6 is 0 Å². The third kappa shape index (κ3) is 3.09. The number of hydrogen-bond donors (Lipinski definition) is 1. The smallest absolute Gasteiger partial charge is 0.0292 e. The highest BCUT2D eigenvalue weighted by atomic mass is 15.1. The van der Waals surface area contributed by atoms with Gasteiger partial charge in [0, 0.05) is 18.0 Å². The molecule has 4 nitrogen and oxygen atoms in total. The van der Waals surface area contributed by atoms with Crippen LogP contribution in [0.25, 0.3) is 16.5 Å². The van der Waals surface area contributed by atoms with Gasteiger partial charge in [0.1, 0.15) is 0 Å². The summed E-state index contributed by atoms with van der Waals surface area (Å²) in [6.07, 6.45) is 6.10. The zero-order valence-electron chi connectivity index (χ0n) is 9.76. The predicted octanol–water partition coefficient (Wildman–Crippen LogP) is 3.05. The average Bonchev–Trinajstić information content (AvgIpc) is 2.39. The zero-order chi connectivity index (χ0) is 11.9. The van der Waals surface area contributed by atoms with Gasteiger partial charge >= 0.3 is 0 Å². The lowest BCUT2D eigenvalue weighted by atomic mass is 9.95. The van der Waals surface area contributed by atoms with Gasteiger partial charge in [-0.3, -0.25) is 0 Å². The van der Waals surface area contributed by atoms with Crippen LogP contribution in [0.15, 0.2) is 29.4 Å². The quantitative estimate of drug-likeness (QED) is 0.366. The van der Waals surface area contributed by atoms with Crippen LogP contribution in [-0.4, -0.2) is 13.1 Å². The maximum absolute atomic E-state index is 8.17. The molecule has 0 fully saturated rings. The highest BCUT2D eigenvalue weighted by Crippen LogP contribution is 2.19. The molecule has 0 spiro atoms. The molecule has 0 aromatic heterocycles. The highest BCUT2D eigenvalue weighted by molar-refractivity contribution is 5.56. The van der Waals surface area contributed by atoms with E-state index in [1.165, 1.54) is 16.7 Å². The molecule has 1 aromatic carbocycles. The van der Waals surface area contributed by atoms with Gasteiger partial charge in [-0.1, -0.05) is 35.5 Å². The minimum absolute atomic E-state index is 0.531. The molecule has 0 saturated carbocycles. The van der Waals surface area contributed by atoms with Crippen molar-refractivity contribution in [2.24, 2.45) is 5.11 Å². The van der Waals surface area contributed by atoms with Gasteiger partial charge in [0.15, 0.2) is 0 Å². The van der Waals surface area contributed by atoms with E-state index >= 15 is 0 Å². The number of benzene rings is 1. The topological polar surface area (TPSA) is 60.8 Å². The summed E-state index contributed by atoms with van der Waals surface area (Å²) >= 11 is 0. The highest BCUT2D eigenvalue weighted by Gasteiger charge is 2.10. The first-order valence-electron chi connectivity index (χ1n) is 5.90. The summed E-state index contributed by atoms with van der Waals surface area (Å²) in [5.41, 5.74) is 12.3. The van der Waals surface area contributed by atoms with E-state index in [1.807, 2.05) is 0 Å². The molecule has 0 bridgehead atoms. The average molecular weight is 228 g/mol. The molecule has 0 amide bonds. The Labute approximate surface area is 101 Å². The Kier molecular flexibility index (Phi) is 4.19. The second-order valence-corrected chi connectivity index (χ2v) is 4.06. The molecule has 4 heteroatoms. The molecule has 0 radical (unpaired) electrons. The molecular weight excluding hydrogens is 212 g/mol. The fourth-order valence-corrected chi connectivity index (χ4v) is 2.10. The Balaban J connectivity index is 2.07. The Morgan fingerprint density at radius 1 is 1.47 bits per heavy atom. The summed E-state index contributed by atoms with van der Waals surface area (Å²) in [4.78, 5) is 2.73. The molecule has 0 unspecified atom stereocenters. The SMILES string of the molecule is [N-]=[N+]=NCCC=Cc1cccc2c1CCNC2. The largest absolute Gasteiger partial charge is 0.312 e. The van der Waals surface area contributed by atoms with Crippen molar-refractivity contribution < 1.29 is 0 Å². The van der Waals surface area contributed by atoms with Gasteiger partial charge in [-0.15, -0.1) is 0 Å². The number of azide groups is 1. The van der Waals surface area contributed by atoms with E-state index in [0.717, 1.165) is 25.9 Å². The summed E-state index contributed by atoms with van der Waals surface area (Å²) in [5.74, 6) is 0. The number of fused-ring (bicyclic) bond motifs is 1. The van der Waals surface area contributed by atoms with Gasteiger partial charge in [-0.2, -0.15) is 0 Å². The lowest BCUT2D eigenvalue weighted by Gasteiger charge is -2.18. The van der Waals surface area contributed by atoms with Crippen LogP contribution in [0.2, 0.25) is 0 Å². The van der Waals surface area contributed by atoms with Crippen molar-refractivity contribution in [3.8, 4) is 0 Å². The first-order chi connectivity index (χ1) is 8.42. The molecule has 1 aromatic rings. The molecule has 1 N–H and O–H groups in total. The van der Waals surface area contributed by atoms with Crippen LogP contribution in [0.4, 0.5) is 0 Å². The van der Waals surface area contributed by atoms with E-state index in [-0.39, 0.29) is 0 Å². The maximum atomic E-state index is 8.17. The van der Waals surface area contributed by atoms with Gasteiger partial charge in [0.2, 0.25) is 0 Å². The van der Waals surface area contributed by atoms with Crippen LogP contribution < -0.4 is 5.32 Å². The standard InChI is InChI=1S/C13H16N4/c14-17-16-8-2-1-4-11-5-3-6-12-10-15-9-7-13(11)12/h1,3-6,15H,2,7-10H2. The molecule has 1 aliphatic rings. The first-order valence-corrected chi connectivity index (χ1v) is 5.90. The molecule has 88 valence electrons.